The molecule has 1 aliphatic heterocycles. The molecule has 3 rings (SSSR count). The van der Waals surface area contributed by atoms with Gasteiger partial charge in [0.05, 0.1) is 18.7 Å². The standard InChI is InChI=1S/C24H28ClN3O5/c1-13-17(14(2)26-19(13)24(32)33-5)21(29)18-20(15-7-9-16(25)10-8-15)28(23(31)22(18)30)12-6-11-27(3)4/h7-10,20,26,29H,6,11-12H2,1-5H3/t20-/m1/s1. The molecule has 0 spiro atoms. The smallest absolute Gasteiger partial charge is 0.354 e. The van der Waals surface area contributed by atoms with Crippen LogP contribution in [-0.4, -0.2) is 71.8 Å². The Morgan fingerprint density at radius 2 is 1.85 bits per heavy atom. The quantitative estimate of drug-likeness (QED) is 0.276. The molecular formula is C24H28ClN3O5. The zero-order chi connectivity index (χ0) is 24.4. The lowest BCUT2D eigenvalue weighted by molar-refractivity contribution is -0.139. The highest BCUT2D eigenvalue weighted by molar-refractivity contribution is 6.46. The van der Waals surface area contributed by atoms with E-state index in [9.17, 15) is 19.5 Å². The zero-order valence-corrected chi connectivity index (χ0v) is 20.1. The number of methoxy groups -OCH3 is 1. The number of rotatable bonds is 7. The summed E-state index contributed by atoms with van der Waals surface area (Å²) in [7, 11) is 5.12. The summed E-state index contributed by atoms with van der Waals surface area (Å²) in [5.74, 6) is -2.36. The summed E-state index contributed by atoms with van der Waals surface area (Å²) in [6.45, 7) is 4.40. The minimum absolute atomic E-state index is 0.0196. The molecule has 0 aliphatic carbocycles. The van der Waals surface area contributed by atoms with Gasteiger partial charge in [-0.1, -0.05) is 23.7 Å². The third-order valence-electron chi connectivity index (χ3n) is 5.79. The lowest BCUT2D eigenvalue weighted by Crippen LogP contribution is -2.32. The van der Waals surface area contributed by atoms with E-state index in [-0.39, 0.29) is 17.0 Å². The number of hydrogen-bond acceptors (Lipinski definition) is 6. The highest BCUT2D eigenvalue weighted by Gasteiger charge is 2.46. The number of aromatic nitrogens is 1. The van der Waals surface area contributed by atoms with Crippen molar-refractivity contribution in [2.45, 2.75) is 26.3 Å². The molecule has 0 radical (unpaired) electrons. The van der Waals surface area contributed by atoms with Gasteiger partial charge in [0.15, 0.2) is 0 Å². The Morgan fingerprint density at radius 1 is 1.21 bits per heavy atom. The molecule has 1 amide bonds. The number of Topliss-reactive ketones (excluding diaryl/α,β-unsaturated/α-hetero) is 1. The SMILES string of the molecule is COC(=O)c1[nH]c(C)c(C(O)=C2C(=O)C(=O)N(CCCN(C)C)[C@@H]2c2ccc(Cl)cc2)c1C. The van der Waals surface area contributed by atoms with Crippen molar-refractivity contribution in [2.24, 2.45) is 0 Å². The lowest BCUT2D eigenvalue weighted by atomic mass is 9.94. The van der Waals surface area contributed by atoms with Gasteiger partial charge >= 0.3 is 5.97 Å². The number of H-pyrrole nitrogens is 1. The summed E-state index contributed by atoms with van der Waals surface area (Å²) in [5.41, 5.74) is 2.04. The number of carbonyl (C=O) groups is 3. The average molecular weight is 474 g/mol. The zero-order valence-electron chi connectivity index (χ0n) is 19.4. The molecular weight excluding hydrogens is 446 g/mol. The average Bonchev–Trinajstić information content (AvgIpc) is 3.20. The number of aliphatic hydroxyl groups excluding tert-OH is 1. The van der Waals surface area contributed by atoms with Gasteiger partial charge in [-0.2, -0.15) is 0 Å². The molecule has 33 heavy (non-hydrogen) atoms. The van der Waals surface area contributed by atoms with E-state index in [2.05, 4.69) is 4.98 Å². The molecule has 1 saturated heterocycles. The van der Waals surface area contributed by atoms with Crippen LogP contribution in [0.15, 0.2) is 29.8 Å². The van der Waals surface area contributed by atoms with Crippen LogP contribution in [0.5, 0.6) is 0 Å². The van der Waals surface area contributed by atoms with Crippen molar-refractivity contribution in [1.29, 1.82) is 0 Å². The highest BCUT2D eigenvalue weighted by Crippen LogP contribution is 2.41. The number of aromatic amines is 1. The molecule has 0 saturated carbocycles. The van der Waals surface area contributed by atoms with E-state index in [0.717, 1.165) is 6.54 Å². The number of aryl methyl sites for hydroxylation is 1. The fourth-order valence-corrected chi connectivity index (χ4v) is 4.33. The minimum atomic E-state index is -0.778. The predicted molar refractivity (Wildman–Crippen MR) is 125 cm³/mol. The number of aliphatic hydroxyl groups is 1. The van der Waals surface area contributed by atoms with E-state index in [4.69, 9.17) is 16.3 Å². The van der Waals surface area contributed by atoms with Gasteiger partial charge in [-0.05, 0) is 64.2 Å². The predicted octanol–water partition coefficient (Wildman–Crippen LogP) is 3.44. The molecule has 1 atom stereocenters. The number of halogens is 1. The van der Waals surface area contributed by atoms with Crippen LogP contribution >= 0.6 is 11.6 Å². The fourth-order valence-electron chi connectivity index (χ4n) is 4.21. The van der Waals surface area contributed by atoms with E-state index in [1.54, 1.807) is 38.1 Å². The summed E-state index contributed by atoms with van der Waals surface area (Å²) in [5, 5.41) is 11.8. The van der Waals surface area contributed by atoms with Crippen molar-refractivity contribution in [3.63, 3.8) is 0 Å². The van der Waals surface area contributed by atoms with Gasteiger partial charge in [0.25, 0.3) is 11.7 Å². The third kappa shape index (κ3) is 4.67. The number of ketones is 1. The minimum Gasteiger partial charge on any atom is -0.507 e. The fraction of sp³-hybridized carbons (Fsp3) is 0.375. The summed E-state index contributed by atoms with van der Waals surface area (Å²) >= 11 is 6.05. The lowest BCUT2D eigenvalue weighted by Gasteiger charge is -2.26. The molecule has 1 aromatic heterocycles. The number of amides is 1. The maximum atomic E-state index is 13.2. The van der Waals surface area contributed by atoms with Gasteiger partial charge < -0.3 is 24.6 Å². The first-order valence-electron chi connectivity index (χ1n) is 10.5. The second-order valence-corrected chi connectivity index (χ2v) is 8.75. The Kier molecular flexibility index (Phi) is 7.29. The largest absolute Gasteiger partial charge is 0.507 e. The van der Waals surface area contributed by atoms with E-state index < -0.39 is 23.7 Å². The van der Waals surface area contributed by atoms with Crippen LogP contribution in [0.1, 0.15) is 45.3 Å². The second kappa shape index (κ2) is 9.80. The molecule has 1 fully saturated rings. The van der Waals surface area contributed by atoms with Gasteiger partial charge in [0, 0.05) is 22.8 Å². The number of ether oxygens (including phenoxy) is 1. The van der Waals surface area contributed by atoms with Gasteiger partial charge in [-0.3, -0.25) is 9.59 Å². The van der Waals surface area contributed by atoms with Crippen LogP contribution in [-0.2, 0) is 14.3 Å². The van der Waals surface area contributed by atoms with E-state index in [1.807, 2.05) is 19.0 Å². The number of nitrogens with one attached hydrogen (secondary N) is 1. The number of benzene rings is 1. The number of carbonyl (C=O) groups excluding carboxylic acids is 3. The first-order chi connectivity index (χ1) is 15.6. The molecule has 2 aromatic rings. The summed E-state index contributed by atoms with van der Waals surface area (Å²) in [6.07, 6.45) is 0.652. The van der Waals surface area contributed by atoms with Crippen LogP contribution in [0, 0.1) is 13.8 Å². The van der Waals surface area contributed by atoms with Crippen molar-refractivity contribution in [3.8, 4) is 0 Å². The molecule has 0 unspecified atom stereocenters. The van der Waals surface area contributed by atoms with Crippen LogP contribution in [0.3, 0.4) is 0 Å². The van der Waals surface area contributed by atoms with Crippen molar-refractivity contribution in [1.82, 2.24) is 14.8 Å². The third-order valence-corrected chi connectivity index (χ3v) is 6.05. The van der Waals surface area contributed by atoms with Crippen molar-refractivity contribution in [2.75, 3.05) is 34.3 Å². The summed E-state index contributed by atoms with van der Waals surface area (Å²) < 4.78 is 4.80. The monoisotopic (exact) mass is 473 g/mol. The van der Waals surface area contributed by atoms with E-state index >= 15 is 0 Å². The van der Waals surface area contributed by atoms with E-state index in [0.29, 0.717) is 40.4 Å². The van der Waals surface area contributed by atoms with Crippen molar-refractivity contribution >= 4 is 35.0 Å². The number of esters is 1. The number of hydrogen-bond donors (Lipinski definition) is 2. The molecule has 176 valence electrons. The second-order valence-electron chi connectivity index (χ2n) is 8.32. The topological polar surface area (TPSA) is 103 Å². The first-order valence-corrected chi connectivity index (χ1v) is 10.9. The summed E-state index contributed by atoms with van der Waals surface area (Å²) in [4.78, 5) is 44.7. The molecule has 2 heterocycles. The maximum Gasteiger partial charge on any atom is 0.354 e. The van der Waals surface area contributed by atoms with Crippen molar-refractivity contribution in [3.05, 3.63) is 62.9 Å². The Morgan fingerprint density at radius 3 is 2.42 bits per heavy atom. The van der Waals surface area contributed by atoms with Gasteiger partial charge in [0.1, 0.15) is 11.5 Å². The number of nitrogens with zero attached hydrogens (tertiary/aromatic N) is 2. The van der Waals surface area contributed by atoms with Gasteiger partial charge in [-0.15, -0.1) is 0 Å². The first kappa shape index (κ1) is 24.5. The van der Waals surface area contributed by atoms with E-state index in [1.165, 1.54) is 12.0 Å². The highest BCUT2D eigenvalue weighted by atomic mass is 35.5. The van der Waals surface area contributed by atoms with Gasteiger partial charge in [0.2, 0.25) is 0 Å². The van der Waals surface area contributed by atoms with Crippen LogP contribution < -0.4 is 0 Å². The normalized spacial score (nSPS) is 17.8. The van der Waals surface area contributed by atoms with Crippen LogP contribution in [0.4, 0.5) is 0 Å². The molecule has 1 aliphatic rings. The summed E-state index contributed by atoms with van der Waals surface area (Å²) in [6, 6.07) is 6.06. The van der Waals surface area contributed by atoms with Crippen LogP contribution in [0.2, 0.25) is 5.02 Å². The Balaban J connectivity index is 2.17. The van der Waals surface area contributed by atoms with Crippen LogP contribution in [0.25, 0.3) is 5.76 Å². The molecule has 0 bridgehead atoms. The molecule has 8 nitrogen and oxygen atoms in total. The molecule has 9 heteroatoms. The Hall–Kier alpha value is -3.10. The Labute approximate surface area is 197 Å². The molecule has 2 N–H and O–H groups in total. The van der Waals surface area contributed by atoms with Gasteiger partial charge in [-0.25, -0.2) is 4.79 Å². The van der Waals surface area contributed by atoms with Crippen molar-refractivity contribution < 1.29 is 24.2 Å². The number of likely N-dealkylation sites (tertiary alicyclic amines) is 1. The molecule has 1 aromatic carbocycles. The maximum absolute atomic E-state index is 13.2. The Bertz CT molecular complexity index is 1120.